The molecule has 0 saturated heterocycles. The van der Waals surface area contributed by atoms with E-state index in [2.05, 4.69) is 18.8 Å². The van der Waals surface area contributed by atoms with E-state index < -0.39 is 11.7 Å². The van der Waals surface area contributed by atoms with E-state index in [4.69, 9.17) is 9.72 Å². The third-order valence-corrected chi connectivity index (χ3v) is 12.1. The predicted molar refractivity (Wildman–Crippen MR) is 147 cm³/mol. The van der Waals surface area contributed by atoms with Crippen molar-refractivity contribution in [3.63, 3.8) is 0 Å². The molecule has 0 spiro atoms. The summed E-state index contributed by atoms with van der Waals surface area (Å²) < 4.78 is 44.4. The molecule has 4 aliphatic carbocycles. The van der Waals surface area contributed by atoms with E-state index in [0.29, 0.717) is 35.2 Å². The second-order valence-corrected chi connectivity index (χ2v) is 13.8. The van der Waals surface area contributed by atoms with Crippen molar-refractivity contribution in [3.05, 3.63) is 58.7 Å². The largest absolute Gasteiger partial charge is 0.439 e. The molecule has 0 aliphatic heterocycles. The Hall–Kier alpha value is -2.74. The Bertz CT molecular complexity index is 1470. The Kier molecular flexibility index (Phi) is 5.98. The van der Waals surface area contributed by atoms with Gasteiger partial charge >= 0.3 is 6.18 Å². The molecule has 3 aromatic rings. The number of aryl methyl sites for hydroxylation is 1. The summed E-state index contributed by atoms with van der Waals surface area (Å²) in [6, 6.07) is 9.77. The van der Waals surface area contributed by atoms with Gasteiger partial charge in [-0.05, 0) is 86.3 Å². The summed E-state index contributed by atoms with van der Waals surface area (Å²) in [7, 11) is 0. The first-order valence-corrected chi connectivity index (χ1v) is 15.2. The fraction of sp³-hybridized carbons (Fsp3) is 0.531. The van der Waals surface area contributed by atoms with Gasteiger partial charge in [0.05, 0.1) is 11.3 Å². The topological polar surface area (TPSA) is 52.1 Å². The molecule has 4 nitrogen and oxygen atoms in total. The lowest BCUT2D eigenvalue weighted by molar-refractivity contribution is -0.138. The molecule has 210 valence electrons. The van der Waals surface area contributed by atoms with Crippen LogP contribution in [0.1, 0.15) is 80.8 Å². The molecule has 3 fully saturated rings. The number of Topliss-reactive ketones (excluding diaryl/α,β-unsaturated/α-hetero) is 1. The quantitative estimate of drug-likeness (QED) is 0.318. The molecular weight excluding hydrogens is 533 g/mol. The first kappa shape index (κ1) is 26.2. The molecule has 40 heavy (non-hydrogen) atoms. The van der Waals surface area contributed by atoms with Crippen molar-refractivity contribution in [3.8, 4) is 22.2 Å². The normalized spacial score (nSPS) is 33.1. The lowest BCUT2D eigenvalue weighted by atomic mass is 9.46. The summed E-state index contributed by atoms with van der Waals surface area (Å²) in [5.41, 5.74) is 1.50. The molecule has 0 bridgehead atoms. The number of nitrogens with zero attached hydrogens (tertiary/aromatic N) is 2. The lowest BCUT2D eigenvalue weighted by Crippen LogP contribution is -2.52. The van der Waals surface area contributed by atoms with Crippen molar-refractivity contribution in [1.82, 2.24) is 9.97 Å². The Balaban J connectivity index is 1.13. The van der Waals surface area contributed by atoms with Gasteiger partial charge in [0.2, 0.25) is 5.88 Å². The minimum Gasteiger partial charge on any atom is -0.439 e. The molecule has 1 aromatic carbocycles. The van der Waals surface area contributed by atoms with Gasteiger partial charge in [-0.3, -0.25) is 4.79 Å². The number of halogens is 3. The fourth-order valence-electron chi connectivity index (χ4n) is 8.77. The number of aromatic nitrogens is 2. The van der Waals surface area contributed by atoms with Crippen LogP contribution < -0.4 is 4.74 Å². The first-order chi connectivity index (χ1) is 19.1. The average Bonchev–Trinajstić information content (AvgIpc) is 3.49. The molecule has 2 aromatic heterocycles. The minimum absolute atomic E-state index is 0.0924. The molecule has 4 aliphatic rings. The number of thiazole rings is 1. The average molecular weight is 567 g/mol. The van der Waals surface area contributed by atoms with Gasteiger partial charge in [0.15, 0.2) is 0 Å². The minimum atomic E-state index is -4.43. The third-order valence-electron chi connectivity index (χ3n) is 10.9. The van der Waals surface area contributed by atoms with Crippen molar-refractivity contribution in [2.45, 2.75) is 77.3 Å². The number of fused-ring (bicyclic) bond motifs is 7. The molecule has 3 saturated carbocycles. The molecule has 1 unspecified atom stereocenters. The summed E-state index contributed by atoms with van der Waals surface area (Å²) in [4.78, 5) is 23.1. The van der Waals surface area contributed by atoms with E-state index in [1.807, 2.05) is 18.2 Å². The number of pyridine rings is 1. The molecular formula is C32H33F3N2O2S. The van der Waals surface area contributed by atoms with Crippen LogP contribution in [0, 0.1) is 28.6 Å². The first-order valence-electron chi connectivity index (χ1n) is 14.4. The highest BCUT2D eigenvalue weighted by Crippen LogP contribution is 2.67. The van der Waals surface area contributed by atoms with Crippen LogP contribution in [0.2, 0.25) is 0 Å². The number of hydrogen-bond acceptors (Lipinski definition) is 5. The zero-order valence-electron chi connectivity index (χ0n) is 22.8. The SMILES string of the molecule is C[C@]12CCc3nc(-c4cccc(Oc5ccc(C(F)(F)F)cn5)c4)sc3C1CC[C@@H]1[C@@H]2CC[C@]2(C)C(=O)CC[C@@H]12. The van der Waals surface area contributed by atoms with Crippen LogP contribution in [-0.4, -0.2) is 15.8 Å². The fourth-order valence-corrected chi connectivity index (χ4v) is 10.2. The van der Waals surface area contributed by atoms with E-state index in [-0.39, 0.29) is 16.7 Å². The molecule has 0 amide bonds. The highest BCUT2D eigenvalue weighted by atomic mass is 32.1. The highest BCUT2D eigenvalue weighted by molar-refractivity contribution is 7.15. The number of rotatable bonds is 3. The van der Waals surface area contributed by atoms with Crippen LogP contribution in [0.4, 0.5) is 13.2 Å². The molecule has 6 atom stereocenters. The maximum atomic E-state index is 12.9. The van der Waals surface area contributed by atoms with Gasteiger partial charge in [0.25, 0.3) is 0 Å². The van der Waals surface area contributed by atoms with E-state index in [9.17, 15) is 18.0 Å². The number of alkyl halides is 3. The van der Waals surface area contributed by atoms with Gasteiger partial charge in [0.1, 0.15) is 16.5 Å². The summed E-state index contributed by atoms with van der Waals surface area (Å²) in [6.45, 7) is 4.76. The molecule has 0 N–H and O–H groups in total. The standard InChI is InChI=1S/C32H33F3N2O2S/c1-30-15-13-25-28(24(30)8-7-21-22-9-10-26(38)31(22,2)14-12-23(21)30)40-29(37-25)18-4-3-5-20(16-18)39-27-11-6-19(17-36-27)32(33,34)35/h3-6,11,16-17,21-24H,7-10,12-15H2,1-2H3/t21-,22-,23-,24?,30+,31-/m0/s1. The number of benzene rings is 1. The summed E-state index contributed by atoms with van der Waals surface area (Å²) in [5, 5.41) is 0.958. The van der Waals surface area contributed by atoms with Crippen LogP contribution in [0.3, 0.4) is 0 Å². The summed E-state index contributed by atoms with van der Waals surface area (Å²) in [5.74, 6) is 3.51. The Morgan fingerprint density at radius 3 is 2.62 bits per heavy atom. The van der Waals surface area contributed by atoms with Gasteiger partial charge in [-0.2, -0.15) is 13.2 Å². The van der Waals surface area contributed by atoms with E-state index >= 15 is 0 Å². The van der Waals surface area contributed by atoms with Crippen molar-refractivity contribution in [2.24, 2.45) is 28.6 Å². The number of carbonyl (C=O) groups excluding carboxylic acids is 1. The number of ether oxygens (including phenoxy) is 1. The second kappa shape index (κ2) is 9.13. The van der Waals surface area contributed by atoms with Gasteiger partial charge in [-0.25, -0.2) is 9.97 Å². The summed E-state index contributed by atoms with van der Waals surface area (Å²) in [6.07, 6.45) is 4.90. The molecule has 8 heteroatoms. The zero-order chi connectivity index (χ0) is 27.9. The molecule has 0 radical (unpaired) electrons. The zero-order valence-corrected chi connectivity index (χ0v) is 23.6. The monoisotopic (exact) mass is 566 g/mol. The van der Waals surface area contributed by atoms with Crippen molar-refractivity contribution in [1.29, 1.82) is 0 Å². The van der Waals surface area contributed by atoms with Crippen LogP contribution in [0.25, 0.3) is 10.6 Å². The van der Waals surface area contributed by atoms with E-state index in [1.54, 1.807) is 17.4 Å². The van der Waals surface area contributed by atoms with E-state index in [1.165, 1.54) is 23.1 Å². The Morgan fingerprint density at radius 2 is 1.85 bits per heavy atom. The molecule has 7 rings (SSSR count). The van der Waals surface area contributed by atoms with Crippen molar-refractivity contribution in [2.75, 3.05) is 0 Å². The number of ketones is 1. The van der Waals surface area contributed by atoms with Crippen LogP contribution in [0.5, 0.6) is 11.6 Å². The third kappa shape index (κ3) is 4.04. The maximum Gasteiger partial charge on any atom is 0.417 e. The van der Waals surface area contributed by atoms with Crippen molar-refractivity contribution >= 4 is 17.1 Å². The highest BCUT2D eigenvalue weighted by Gasteiger charge is 2.60. The summed E-state index contributed by atoms with van der Waals surface area (Å²) >= 11 is 1.79. The second-order valence-electron chi connectivity index (χ2n) is 12.8. The Morgan fingerprint density at radius 1 is 1.00 bits per heavy atom. The maximum absolute atomic E-state index is 12.9. The smallest absolute Gasteiger partial charge is 0.417 e. The lowest BCUT2D eigenvalue weighted by Gasteiger charge is -2.59. The predicted octanol–water partition coefficient (Wildman–Crippen LogP) is 8.86. The number of carbonyl (C=O) groups is 1. The van der Waals surface area contributed by atoms with Crippen LogP contribution in [-0.2, 0) is 17.4 Å². The Labute approximate surface area is 236 Å². The number of hydrogen-bond donors (Lipinski definition) is 0. The van der Waals surface area contributed by atoms with Crippen molar-refractivity contribution < 1.29 is 22.7 Å². The van der Waals surface area contributed by atoms with Gasteiger partial charge < -0.3 is 4.74 Å². The van der Waals surface area contributed by atoms with E-state index in [0.717, 1.165) is 67.8 Å². The van der Waals surface area contributed by atoms with Gasteiger partial charge in [0, 0.05) is 40.5 Å². The van der Waals surface area contributed by atoms with Gasteiger partial charge in [-0.1, -0.05) is 26.0 Å². The molecule has 2 heterocycles. The van der Waals surface area contributed by atoms with Crippen LogP contribution >= 0.6 is 11.3 Å². The van der Waals surface area contributed by atoms with Gasteiger partial charge in [-0.15, -0.1) is 11.3 Å². The van der Waals surface area contributed by atoms with Crippen LogP contribution in [0.15, 0.2) is 42.6 Å².